The van der Waals surface area contributed by atoms with Crippen LogP contribution in [0, 0.1) is 0 Å². The summed E-state index contributed by atoms with van der Waals surface area (Å²) in [5.74, 6) is 0.0792. The highest BCUT2D eigenvalue weighted by Crippen LogP contribution is 2.21. The van der Waals surface area contributed by atoms with Crippen LogP contribution in [0.15, 0.2) is 24.3 Å². The van der Waals surface area contributed by atoms with E-state index in [4.69, 9.17) is 11.6 Å². The average Bonchev–Trinajstić information content (AvgIpc) is 2.82. The summed E-state index contributed by atoms with van der Waals surface area (Å²) >= 11 is 5.84. The lowest BCUT2D eigenvalue weighted by atomic mass is 10.1. The number of hydrogen-bond acceptors (Lipinski definition) is 2. The number of nitrogens with one attached hydrogen (secondary N) is 1. The molecule has 1 aliphatic carbocycles. The van der Waals surface area contributed by atoms with Gasteiger partial charge in [-0.15, -0.1) is 0 Å². The molecule has 0 saturated heterocycles. The van der Waals surface area contributed by atoms with Crippen LogP contribution in [0.1, 0.15) is 51.0 Å². The smallest absolute Gasteiger partial charge is 0.224 e. The first-order valence-corrected chi connectivity index (χ1v) is 9.22. The minimum atomic E-state index is -0.0262. The zero-order valence-electron chi connectivity index (χ0n) is 14.4. The van der Waals surface area contributed by atoms with E-state index < -0.39 is 0 Å². The molecule has 2 amide bonds. The third-order valence-corrected chi connectivity index (χ3v) is 4.87. The molecule has 0 spiro atoms. The van der Waals surface area contributed by atoms with Crippen LogP contribution in [-0.2, 0) is 16.0 Å². The first kappa shape index (κ1) is 18.8. The molecule has 0 unspecified atom stereocenters. The number of benzene rings is 1. The molecule has 0 aromatic heterocycles. The summed E-state index contributed by atoms with van der Waals surface area (Å²) in [6.45, 7) is 2.72. The van der Waals surface area contributed by atoms with E-state index in [-0.39, 0.29) is 11.8 Å². The Kier molecular flexibility index (Phi) is 7.57. The van der Waals surface area contributed by atoms with Crippen molar-refractivity contribution in [3.63, 3.8) is 0 Å². The van der Waals surface area contributed by atoms with Gasteiger partial charge in [-0.2, -0.15) is 0 Å². The van der Waals surface area contributed by atoms with Crippen molar-refractivity contribution < 1.29 is 9.59 Å². The lowest BCUT2D eigenvalue weighted by Crippen LogP contribution is -2.43. The van der Waals surface area contributed by atoms with Crippen LogP contribution in [0.3, 0.4) is 0 Å². The number of carbonyl (C=O) groups is 2. The second-order valence-corrected chi connectivity index (χ2v) is 6.95. The third kappa shape index (κ3) is 6.16. The van der Waals surface area contributed by atoms with E-state index in [0.29, 0.717) is 30.6 Å². The number of carbonyl (C=O) groups excluding carboxylic acids is 2. The second-order valence-electron chi connectivity index (χ2n) is 6.51. The van der Waals surface area contributed by atoms with Gasteiger partial charge in [0.05, 0.1) is 6.42 Å². The van der Waals surface area contributed by atoms with Crippen molar-refractivity contribution in [2.75, 3.05) is 13.1 Å². The summed E-state index contributed by atoms with van der Waals surface area (Å²) in [4.78, 5) is 25.9. The molecule has 1 aromatic carbocycles. The normalized spacial score (nSPS) is 15.6. The molecule has 1 N–H and O–H groups in total. The topological polar surface area (TPSA) is 49.4 Å². The summed E-state index contributed by atoms with van der Waals surface area (Å²) in [7, 11) is 0. The minimum Gasteiger partial charge on any atom is -0.354 e. The molecule has 24 heavy (non-hydrogen) atoms. The number of rotatable bonds is 6. The molecule has 132 valence electrons. The zero-order chi connectivity index (χ0) is 17.4. The van der Waals surface area contributed by atoms with Gasteiger partial charge in [-0.05, 0) is 30.5 Å². The fraction of sp³-hybridized carbons (Fsp3) is 0.579. The monoisotopic (exact) mass is 350 g/mol. The SMILES string of the molecule is CC(=O)N(CCNC(=O)Cc1ccc(Cl)cc1)C1CCCCCC1. The van der Waals surface area contributed by atoms with Gasteiger partial charge in [0, 0.05) is 31.1 Å². The highest BCUT2D eigenvalue weighted by molar-refractivity contribution is 6.30. The van der Waals surface area contributed by atoms with Crippen LogP contribution in [0.2, 0.25) is 5.02 Å². The number of halogens is 1. The summed E-state index contributed by atoms with van der Waals surface area (Å²) in [5, 5.41) is 3.59. The Balaban J connectivity index is 1.78. The predicted octanol–water partition coefficient (Wildman–Crippen LogP) is 3.57. The highest BCUT2D eigenvalue weighted by atomic mass is 35.5. The van der Waals surface area contributed by atoms with E-state index >= 15 is 0 Å². The van der Waals surface area contributed by atoms with Crippen LogP contribution < -0.4 is 5.32 Å². The average molecular weight is 351 g/mol. The Labute approximate surface area is 149 Å². The van der Waals surface area contributed by atoms with Crippen molar-refractivity contribution in [1.82, 2.24) is 10.2 Å². The van der Waals surface area contributed by atoms with Gasteiger partial charge in [-0.3, -0.25) is 9.59 Å². The van der Waals surface area contributed by atoms with Crippen molar-refractivity contribution in [3.05, 3.63) is 34.9 Å². The van der Waals surface area contributed by atoms with E-state index in [0.717, 1.165) is 18.4 Å². The van der Waals surface area contributed by atoms with Gasteiger partial charge in [0.1, 0.15) is 0 Å². The maximum absolute atomic E-state index is 12.0. The molecule has 0 atom stereocenters. The largest absolute Gasteiger partial charge is 0.354 e. The van der Waals surface area contributed by atoms with E-state index in [1.54, 1.807) is 19.1 Å². The van der Waals surface area contributed by atoms with Gasteiger partial charge in [0.15, 0.2) is 0 Å². The maximum Gasteiger partial charge on any atom is 0.224 e. The van der Waals surface area contributed by atoms with Crippen LogP contribution >= 0.6 is 11.6 Å². The number of nitrogens with zero attached hydrogens (tertiary/aromatic N) is 1. The van der Waals surface area contributed by atoms with E-state index in [9.17, 15) is 9.59 Å². The van der Waals surface area contributed by atoms with Crippen LogP contribution in [-0.4, -0.2) is 35.8 Å². The number of hydrogen-bond donors (Lipinski definition) is 1. The lowest BCUT2D eigenvalue weighted by Gasteiger charge is -2.30. The predicted molar refractivity (Wildman–Crippen MR) is 97.0 cm³/mol. The molecule has 0 radical (unpaired) electrons. The van der Waals surface area contributed by atoms with Crippen LogP contribution in [0.4, 0.5) is 0 Å². The standard InChI is InChI=1S/C19H27ClN2O2/c1-15(23)22(18-6-4-2-3-5-7-18)13-12-21-19(24)14-16-8-10-17(20)11-9-16/h8-11,18H,2-7,12-14H2,1H3,(H,21,24). The maximum atomic E-state index is 12.0. The van der Waals surface area contributed by atoms with Crippen LogP contribution in [0.25, 0.3) is 0 Å². The molecule has 5 heteroatoms. The number of amides is 2. The Bertz CT molecular complexity index is 537. The molecule has 1 fully saturated rings. The Morgan fingerprint density at radius 2 is 1.75 bits per heavy atom. The molecule has 1 aliphatic rings. The summed E-state index contributed by atoms with van der Waals surface area (Å²) < 4.78 is 0. The molecule has 1 saturated carbocycles. The van der Waals surface area contributed by atoms with Gasteiger partial charge in [0.2, 0.25) is 11.8 Å². The first-order valence-electron chi connectivity index (χ1n) is 8.84. The molecule has 0 bridgehead atoms. The Morgan fingerprint density at radius 3 is 2.33 bits per heavy atom. The molecule has 0 heterocycles. The summed E-state index contributed by atoms with van der Waals surface area (Å²) in [6.07, 6.45) is 7.41. The second kappa shape index (κ2) is 9.67. The van der Waals surface area contributed by atoms with Gasteiger partial charge < -0.3 is 10.2 Å². The molecule has 0 aliphatic heterocycles. The van der Waals surface area contributed by atoms with Gasteiger partial charge in [0.25, 0.3) is 0 Å². The van der Waals surface area contributed by atoms with Crippen molar-refractivity contribution in [2.45, 2.75) is 57.9 Å². The van der Waals surface area contributed by atoms with E-state index in [1.807, 2.05) is 17.0 Å². The van der Waals surface area contributed by atoms with Crippen LogP contribution in [0.5, 0.6) is 0 Å². The fourth-order valence-electron chi connectivity index (χ4n) is 3.33. The molecule has 2 rings (SSSR count). The Hall–Kier alpha value is -1.55. The molecular weight excluding hydrogens is 324 g/mol. The summed E-state index contributed by atoms with van der Waals surface area (Å²) in [5.41, 5.74) is 0.934. The molecule has 1 aromatic rings. The van der Waals surface area contributed by atoms with Gasteiger partial charge in [-0.1, -0.05) is 49.4 Å². The zero-order valence-corrected chi connectivity index (χ0v) is 15.1. The van der Waals surface area contributed by atoms with Gasteiger partial charge in [-0.25, -0.2) is 0 Å². The van der Waals surface area contributed by atoms with E-state index in [2.05, 4.69) is 5.32 Å². The third-order valence-electron chi connectivity index (χ3n) is 4.62. The van der Waals surface area contributed by atoms with Gasteiger partial charge >= 0.3 is 0 Å². The molecular formula is C19H27ClN2O2. The lowest BCUT2D eigenvalue weighted by molar-refractivity contribution is -0.132. The van der Waals surface area contributed by atoms with Crippen molar-refractivity contribution in [3.8, 4) is 0 Å². The van der Waals surface area contributed by atoms with Crippen molar-refractivity contribution in [2.24, 2.45) is 0 Å². The minimum absolute atomic E-state index is 0.0262. The molecule has 4 nitrogen and oxygen atoms in total. The van der Waals surface area contributed by atoms with Crippen molar-refractivity contribution >= 4 is 23.4 Å². The quantitative estimate of drug-likeness (QED) is 0.797. The van der Waals surface area contributed by atoms with Crippen molar-refractivity contribution in [1.29, 1.82) is 0 Å². The first-order chi connectivity index (χ1) is 11.6. The highest BCUT2D eigenvalue weighted by Gasteiger charge is 2.21. The fourth-order valence-corrected chi connectivity index (χ4v) is 3.46. The Morgan fingerprint density at radius 1 is 1.12 bits per heavy atom. The summed E-state index contributed by atoms with van der Waals surface area (Å²) in [6, 6.07) is 7.62. The van der Waals surface area contributed by atoms with E-state index in [1.165, 1.54) is 25.7 Å².